The zero-order valence-corrected chi connectivity index (χ0v) is 19.1. The number of carbonyl (C=O) groups excluding carboxylic acids is 2. The van der Waals surface area contributed by atoms with E-state index in [1.165, 1.54) is 6.42 Å². The van der Waals surface area contributed by atoms with Crippen LogP contribution in [0.1, 0.15) is 44.0 Å². The molecule has 2 amide bonds. The Labute approximate surface area is 193 Å². The normalized spacial score (nSPS) is 18.4. The second kappa shape index (κ2) is 10.2. The zero-order chi connectivity index (χ0) is 22.5. The van der Waals surface area contributed by atoms with Crippen molar-refractivity contribution in [3.05, 3.63) is 64.9 Å². The molecule has 32 heavy (non-hydrogen) atoms. The lowest BCUT2D eigenvalue weighted by Gasteiger charge is -2.29. The molecule has 1 aromatic heterocycles. The number of nitrogens with one attached hydrogen (secondary N) is 2. The molecular formula is C25H29ClN4O2. The number of benzene rings is 2. The molecule has 1 heterocycles. The highest BCUT2D eigenvalue weighted by molar-refractivity contribution is 6.30. The molecule has 2 N–H and O–H groups in total. The Morgan fingerprint density at radius 1 is 1.06 bits per heavy atom. The SMILES string of the molecule is CC1CCCCC1NC(=O)Cn1c(CC(=O)NCc2ccc(Cl)cc2)nc2ccccc21. The Bertz CT molecular complexity index is 1090. The van der Waals surface area contributed by atoms with Crippen LogP contribution in [0.5, 0.6) is 0 Å². The summed E-state index contributed by atoms with van der Waals surface area (Å²) in [6.07, 6.45) is 4.67. The molecule has 1 aliphatic carbocycles. The van der Waals surface area contributed by atoms with E-state index in [0.29, 0.717) is 23.3 Å². The van der Waals surface area contributed by atoms with Crippen LogP contribution in [0.4, 0.5) is 0 Å². The summed E-state index contributed by atoms with van der Waals surface area (Å²) in [4.78, 5) is 30.1. The first kappa shape index (κ1) is 22.3. The fraction of sp³-hybridized carbons (Fsp3) is 0.400. The summed E-state index contributed by atoms with van der Waals surface area (Å²) in [5.41, 5.74) is 2.61. The van der Waals surface area contributed by atoms with Gasteiger partial charge in [-0.1, -0.05) is 55.6 Å². The van der Waals surface area contributed by atoms with Crippen LogP contribution in [0.3, 0.4) is 0 Å². The van der Waals surface area contributed by atoms with E-state index in [1.807, 2.05) is 41.0 Å². The maximum absolute atomic E-state index is 12.9. The second-order valence-corrected chi connectivity index (χ2v) is 9.06. The minimum absolute atomic E-state index is 0.0327. The molecule has 3 aromatic rings. The summed E-state index contributed by atoms with van der Waals surface area (Å²) in [6, 6.07) is 15.3. The van der Waals surface area contributed by atoms with E-state index in [9.17, 15) is 9.59 Å². The number of rotatable bonds is 7. The van der Waals surface area contributed by atoms with Crippen LogP contribution in [0.2, 0.25) is 5.02 Å². The van der Waals surface area contributed by atoms with Crippen LogP contribution in [0.25, 0.3) is 11.0 Å². The van der Waals surface area contributed by atoms with Crippen molar-refractivity contribution in [2.45, 2.75) is 58.2 Å². The van der Waals surface area contributed by atoms with Crippen molar-refractivity contribution in [2.24, 2.45) is 5.92 Å². The molecule has 2 aromatic carbocycles. The number of fused-ring (bicyclic) bond motifs is 1. The number of hydrogen-bond donors (Lipinski definition) is 2. The van der Waals surface area contributed by atoms with Gasteiger partial charge in [0.2, 0.25) is 11.8 Å². The first-order chi connectivity index (χ1) is 15.5. The topological polar surface area (TPSA) is 76.0 Å². The largest absolute Gasteiger partial charge is 0.352 e. The molecule has 1 saturated carbocycles. The minimum atomic E-state index is -0.141. The molecule has 2 atom stereocenters. The number of carbonyl (C=O) groups is 2. The fourth-order valence-electron chi connectivity index (χ4n) is 4.37. The van der Waals surface area contributed by atoms with Crippen molar-refractivity contribution in [1.82, 2.24) is 20.2 Å². The molecule has 4 rings (SSSR count). The van der Waals surface area contributed by atoms with Gasteiger partial charge >= 0.3 is 0 Å². The molecule has 2 unspecified atom stereocenters. The number of nitrogens with zero attached hydrogens (tertiary/aromatic N) is 2. The van der Waals surface area contributed by atoms with Crippen molar-refractivity contribution in [1.29, 1.82) is 0 Å². The Balaban J connectivity index is 1.45. The van der Waals surface area contributed by atoms with Gasteiger partial charge in [-0.05, 0) is 48.6 Å². The third-order valence-electron chi connectivity index (χ3n) is 6.21. The third-order valence-corrected chi connectivity index (χ3v) is 6.47. The number of imidazole rings is 1. The molecule has 1 fully saturated rings. The number of halogens is 1. The molecule has 0 spiro atoms. The van der Waals surface area contributed by atoms with Gasteiger partial charge in [0.05, 0.1) is 17.5 Å². The van der Waals surface area contributed by atoms with Gasteiger partial charge in [0.25, 0.3) is 0 Å². The highest BCUT2D eigenvalue weighted by atomic mass is 35.5. The number of para-hydroxylation sites is 2. The summed E-state index contributed by atoms with van der Waals surface area (Å²) in [7, 11) is 0. The van der Waals surface area contributed by atoms with E-state index in [2.05, 4.69) is 22.5 Å². The lowest BCUT2D eigenvalue weighted by Crippen LogP contribution is -2.42. The number of hydrogen-bond acceptors (Lipinski definition) is 3. The van der Waals surface area contributed by atoms with Crippen LogP contribution in [-0.4, -0.2) is 27.4 Å². The van der Waals surface area contributed by atoms with Gasteiger partial charge in [-0.3, -0.25) is 9.59 Å². The predicted octanol–water partition coefficient (Wildman–Crippen LogP) is 4.24. The molecule has 0 saturated heterocycles. The Morgan fingerprint density at radius 2 is 1.81 bits per heavy atom. The smallest absolute Gasteiger partial charge is 0.240 e. The van der Waals surface area contributed by atoms with E-state index in [0.717, 1.165) is 35.9 Å². The molecule has 0 aliphatic heterocycles. The third kappa shape index (κ3) is 5.49. The van der Waals surface area contributed by atoms with E-state index in [-0.39, 0.29) is 30.8 Å². The molecule has 7 heteroatoms. The maximum Gasteiger partial charge on any atom is 0.240 e. The molecule has 0 radical (unpaired) electrons. The van der Waals surface area contributed by atoms with E-state index >= 15 is 0 Å². The molecule has 168 valence electrons. The van der Waals surface area contributed by atoms with Gasteiger partial charge in [-0.25, -0.2) is 4.98 Å². The first-order valence-electron chi connectivity index (χ1n) is 11.2. The van der Waals surface area contributed by atoms with Crippen molar-refractivity contribution in [3.63, 3.8) is 0 Å². The highest BCUT2D eigenvalue weighted by Gasteiger charge is 2.24. The highest BCUT2D eigenvalue weighted by Crippen LogP contribution is 2.24. The Hall–Kier alpha value is -2.86. The summed E-state index contributed by atoms with van der Waals surface area (Å²) >= 11 is 5.92. The van der Waals surface area contributed by atoms with Crippen LogP contribution in [-0.2, 0) is 29.1 Å². The molecule has 1 aliphatic rings. The molecule has 6 nitrogen and oxygen atoms in total. The first-order valence-corrected chi connectivity index (χ1v) is 11.6. The number of amides is 2. The van der Waals surface area contributed by atoms with Crippen molar-refractivity contribution >= 4 is 34.4 Å². The second-order valence-electron chi connectivity index (χ2n) is 8.62. The van der Waals surface area contributed by atoms with Crippen molar-refractivity contribution < 1.29 is 9.59 Å². The van der Waals surface area contributed by atoms with E-state index < -0.39 is 0 Å². The van der Waals surface area contributed by atoms with Crippen LogP contribution < -0.4 is 10.6 Å². The van der Waals surface area contributed by atoms with Crippen molar-refractivity contribution in [3.8, 4) is 0 Å². The average Bonchev–Trinajstić information content (AvgIpc) is 3.12. The summed E-state index contributed by atoms with van der Waals surface area (Å²) < 4.78 is 1.86. The lowest BCUT2D eigenvalue weighted by molar-refractivity contribution is -0.123. The van der Waals surface area contributed by atoms with Crippen LogP contribution in [0, 0.1) is 5.92 Å². The standard InChI is InChI=1S/C25H29ClN4O2/c1-17-6-2-3-7-20(17)29-25(32)16-30-22-9-5-4-8-21(22)28-23(30)14-24(31)27-15-18-10-12-19(26)13-11-18/h4-5,8-13,17,20H,2-3,6-7,14-16H2,1H3,(H,27,31)(H,29,32). The van der Waals surface area contributed by atoms with Gasteiger partial charge in [-0.2, -0.15) is 0 Å². The molecular weight excluding hydrogens is 424 g/mol. The molecule has 0 bridgehead atoms. The summed E-state index contributed by atoms with van der Waals surface area (Å²) in [5.74, 6) is 0.907. The van der Waals surface area contributed by atoms with Gasteiger partial charge in [0.15, 0.2) is 0 Å². The summed E-state index contributed by atoms with van der Waals surface area (Å²) in [6.45, 7) is 2.77. The van der Waals surface area contributed by atoms with Crippen LogP contribution in [0.15, 0.2) is 48.5 Å². The zero-order valence-electron chi connectivity index (χ0n) is 18.3. The van der Waals surface area contributed by atoms with Gasteiger partial charge in [-0.15, -0.1) is 0 Å². The van der Waals surface area contributed by atoms with Gasteiger partial charge in [0.1, 0.15) is 12.4 Å². The quantitative estimate of drug-likeness (QED) is 0.562. The summed E-state index contributed by atoms with van der Waals surface area (Å²) in [5, 5.41) is 6.79. The van der Waals surface area contributed by atoms with Gasteiger partial charge in [0, 0.05) is 17.6 Å². The van der Waals surface area contributed by atoms with Crippen molar-refractivity contribution in [2.75, 3.05) is 0 Å². The van der Waals surface area contributed by atoms with E-state index in [4.69, 9.17) is 11.6 Å². The fourth-order valence-corrected chi connectivity index (χ4v) is 4.50. The Kier molecular flexibility index (Phi) is 7.10. The van der Waals surface area contributed by atoms with Crippen LogP contribution >= 0.6 is 11.6 Å². The number of aromatic nitrogens is 2. The average molecular weight is 453 g/mol. The maximum atomic E-state index is 12.9. The Morgan fingerprint density at radius 3 is 2.59 bits per heavy atom. The van der Waals surface area contributed by atoms with Gasteiger partial charge < -0.3 is 15.2 Å². The minimum Gasteiger partial charge on any atom is -0.352 e. The predicted molar refractivity (Wildman–Crippen MR) is 126 cm³/mol. The van der Waals surface area contributed by atoms with E-state index in [1.54, 1.807) is 12.1 Å². The monoisotopic (exact) mass is 452 g/mol. The lowest BCUT2D eigenvalue weighted by atomic mass is 9.86.